The van der Waals surface area contributed by atoms with E-state index in [-0.39, 0.29) is 0 Å². The van der Waals surface area contributed by atoms with E-state index in [1.165, 1.54) is 0 Å². The van der Waals surface area contributed by atoms with E-state index in [1.54, 1.807) is 18.7 Å². The molecular weight excluding hydrogens is 178 g/mol. The third-order valence-corrected chi connectivity index (χ3v) is 1.97. The topological polar surface area (TPSA) is 64.9 Å². The lowest BCUT2D eigenvalue weighted by atomic mass is 10.1. The van der Waals surface area contributed by atoms with Gasteiger partial charge in [-0.1, -0.05) is 0 Å². The number of hydrogen-bond donors (Lipinski definition) is 1. The van der Waals surface area contributed by atoms with Gasteiger partial charge >= 0.3 is 0 Å². The minimum absolute atomic E-state index is 0.435. The Kier molecular flexibility index (Phi) is 2.28. The molecule has 2 aromatic rings. The smallest absolute Gasteiger partial charge is 0.226 e. The predicted molar refractivity (Wildman–Crippen MR) is 52.4 cm³/mol. The summed E-state index contributed by atoms with van der Waals surface area (Å²) in [6.45, 7) is 2.32. The average molecular weight is 189 g/mol. The number of rotatable bonds is 2. The summed E-state index contributed by atoms with van der Waals surface area (Å²) in [6, 6.07) is 1.85. The highest BCUT2D eigenvalue weighted by Crippen LogP contribution is 2.21. The Hall–Kier alpha value is -1.68. The second-order valence-corrected chi connectivity index (χ2v) is 3.03. The molecular formula is C10H11N3O. The molecule has 0 unspecified atom stereocenters. The number of nitrogens with two attached hydrogens (primary N) is 1. The molecule has 0 radical (unpaired) electrons. The quantitative estimate of drug-likeness (QED) is 0.777. The standard InChI is InChI=1S/C10H11N3O/c1-7-6-14-10(13-7)9-2-3-12-5-8(9)4-11/h2-3,5-6H,4,11H2,1H3. The summed E-state index contributed by atoms with van der Waals surface area (Å²) in [5.41, 5.74) is 8.30. The van der Waals surface area contributed by atoms with E-state index in [4.69, 9.17) is 10.2 Å². The van der Waals surface area contributed by atoms with Crippen LogP contribution in [0, 0.1) is 6.92 Å². The Balaban J connectivity index is 2.50. The Bertz CT molecular complexity index is 436. The summed E-state index contributed by atoms with van der Waals surface area (Å²) in [6.07, 6.45) is 5.05. The van der Waals surface area contributed by atoms with Crippen molar-refractivity contribution >= 4 is 0 Å². The summed E-state index contributed by atoms with van der Waals surface area (Å²) in [4.78, 5) is 8.24. The molecule has 0 atom stereocenters. The second-order valence-electron chi connectivity index (χ2n) is 3.03. The predicted octanol–water partition coefficient (Wildman–Crippen LogP) is 1.50. The first-order valence-electron chi connectivity index (χ1n) is 4.36. The molecule has 0 bridgehead atoms. The van der Waals surface area contributed by atoms with E-state index in [9.17, 15) is 0 Å². The minimum Gasteiger partial charge on any atom is -0.444 e. The molecule has 0 aromatic carbocycles. The molecule has 4 nitrogen and oxygen atoms in total. The Morgan fingerprint density at radius 1 is 1.50 bits per heavy atom. The van der Waals surface area contributed by atoms with E-state index in [1.807, 2.05) is 13.0 Å². The molecule has 0 aliphatic heterocycles. The van der Waals surface area contributed by atoms with Gasteiger partial charge in [0.25, 0.3) is 0 Å². The van der Waals surface area contributed by atoms with E-state index in [0.29, 0.717) is 12.4 Å². The molecule has 72 valence electrons. The molecule has 0 saturated heterocycles. The van der Waals surface area contributed by atoms with E-state index in [0.717, 1.165) is 16.8 Å². The third kappa shape index (κ3) is 1.52. The molecule has 2 heterocycles. The molecule has 2 N–H and O–H groups in total. The molecule has 0 amide bonds. The number of aryl methyl sites for hydroxylation is 1. The van der Waals surface area contributed by atoms with Crippen LogP contribution < -0.4 is 5.73 Å². The fourth-order valence-corrected chi connectivity index (χ4v) is 1.28. The number of pyridine rings is 1. The summed E-state index contributed by atoms with van der Waals surface area (Å²) in [5.74, 6) is 0.602. The number of nitrogens with zero attached hydrogens (tertiary/aromatic N) is 2. The summed E-state index contributed by atoms with van der Waals surface area (Å²) in [5, 5.41) is 0. The van der Waals surface area contributed by atoms with E-state index < -0.39 is 0 Å². The van der Waals surface area contributed by atoms with Gasteiger partial charge in [0.1, 0.15) is 6.26 Å². The first kappa shape index (κ1) is 8.90. The van der Waals surface area contributed by atoms with Crippen LogP contribution in [0.4, 0.5) is 0 Å². The van der Waals surface area contributed by atoms with Gasteiger partial charge in [-0.2, -0.15) is 0 Å². The van der Waals surface area contributed by atoms with Crippen molar-refractivity contribution in [3.8, 4) is 11.5 Å². The van der Waals surface area contributed by atoms with Crippen molar-refractivity contribution in [3.05, 3.63) is 36.0 Å². The van der Waals surface area contributed by atoms with Gasteiger partial charge in [-0.3, -0.25) is 4.98 Å². The fourth-order valence-electron chi connectivity index (χ4n) is 1.28. The van der Waals surface area contributed by atoms with E-state index >= 15 is 0 Å². The van der Waals surface area contributed by atoms with Crippen LogP contribution in [0.1, 0.15) is 11.3 Å². The molecule has 0 aliphatic carbocycles. The van der Waals surface area contributed by atoms with Crippen LogP contribution in [0.5, 0.6) is 0 Å². The maximum Gasteiger partial charge on any atom is 0.226 e. The second kappa shape index (κ2) is 3.59. The lowest BCUT2D eigenvalue weighted by molar-refractivity contribution is 0.572. The summed E-state index contributed by atoms with van der Waals surface area (Å²) in [7, 11) is 0. The van der Waals surface area contributed by atoms with Crippen molar-refractivity contribution in [3.63, 3.8) is 0 Å². The number of oxazole rings is 1. The first-order chi connectivity index (χ1) is 6.81. The van der Waals surface area contributed by atoms with Crippen LogP contribution in [0.15, 0.2) is 29.1 Å². The normalized spacial score (nSPS) is 10.4. The van der Waals surface area contributed by atoms with Gasteiger partial charge in [-0.15, -0.1) is 0 Å². The van der Waals surface area contributed by atoms with Crippen molar-refractivity contribution < 1.29 is 4.42 Å². The van der Waals surface area contributed by atoms with Crippen LogP contribution in [-0.2, 0) is 6.54 Å². The highest BCUT2D eigenvalue weighted by molar-refractivity contribution is 5.57. The molecule has 4 heteroatoms. The zero-order chi connectivity index (χ0) is 9.97. The monoisotopic (exact) mass is 189 g/mol. The Labute approximate surface area is 81.8 Å². The zero-order valence-corrected chi connectivity index (χ0v) is 7.90. The van der Waals surface area contributed by atoms with Gasteiger partial charge in [0.05, 0.1) is 5.69 Å². The van der Waals surface area contributed by atoms with Gasteiger partial charge < -0.3 is 10.2 Å². The molecule has 14 heavy (non-hydrogen) atoms. The van der Waals surface area contributed by atoms with Crippen molar-refractivity contribution in [2.45, 2.75) is 13.5 Å². The van der Waals surface area contributed by atoms with Crippen LogP contribution in [-0.4, -0.2) is 9.97 Å². The van der Waals surface area contributed by atoms with Crippen molar-refractivity contribution in [2.24, 2.45) is 5.73 Å². The van der Waals surface area contributed by atoms with Crippen molar-refractivity contribution in [2.75, 3.05) is 0 Å². The van der Waals surface area contributed by atoms with Crippen LogP contribution in [0.2, 0.25) is 0 Å². The lowest BCUT2D eigenvalue weighted by Gasteiger charge is -2.01. The van der Waals surface area contributed by atoms with E-state index in [2.05, 4.69) is 9.97 Å². The molecule has 2 aromatic heterocycles. The molecule has 0 fully saturated rings. The maximum atomic E-state index is 5.59. The summed E-state index contributed by atoms with van der Waals surface area (Å²) >= 11 is 0. The van der Waals surface area contributed by atoms with Gasteiger partial charge in [0.15, 0.2) is 0 Å². The molecule has 0 saturated carbocycles. The molecule has 0 aliphatic rings. The summed E-state index contributed by atoms with van der Waals surface area (Å²) < 4.78 is 5.30. The Morgan fingerprint density at radius 2 is 2.36 bits per heavy atom. The maximum absolute atomic E-state index is 5.59. The average Bonchev–Trinajstić information content (AvgIpc) is 2.65. The van der Waals surface area contributed by atoms with Crippen molar-refractivity contribution in [1.82, 2.24) is 9.97 Å². The highest BCUT2D eigenvalue weighted by Gasteiger charge is 2.08. The molecule has 0 spiro atoms. The molecule has 2 rings (SSSR count). The SMILES string of the molecule is Cc1coc(-c2ccncc2CN)n1. The van der Waals surface area contributed by atoms with Crippen LogP contribution in [0.3, 0.4) is 0 Å². The van der Waals surface area contributed by atoms with Gasteiger partial charge in [-0.25, -0.2) is 4.98 Å². The van der Waals surface area contributed by atoms with Gasteiger partial charge in [0.2, 0.25) is 5.89 Å². The number of hydrogen-bond acceptors (Lipinski definition) is 4. The highest BCUT2D eigenvalue weighted by atomic mass is 16.3. The first-order valence-corrected chi connectivity index (χ1v) is 4.36. The van der Waals surface area contributed by atoms with Gasteiger partial charge in [-0.05, 0) is 18.6 Å². The van der Waals surface area contributed by atoms with Gasteiger partial charge in [0, 0.05) is 24.5 Å². The largest absolute Gasteiger partial charge is 0.444 e. The Morgan fingerprint density at radius 3 is 3.00 bits per heavy atom. The van der Waals surface area contributed by atoms with Crippen molar-refractivity contribution in [1.29, 1.82) is 0 Å². The number of aromatic nitrogens is 2. The fraction of sp³-hybridized carbons (Fsp3) is 0.200. The lowest BCUT2D eigenvalue weighted by Crippen LogP contribution is -1.99. The third-order valence-electron chi connectivity index (χ3n) is 1.97. The minimum atomic E-state index is 0.435. The van der Waals surface area contributed by atoms with Crippen LogP contribution in [0.25, 0.3) is 11.5 Å². The zero-order valence-electron chi connectivity index (χ0n) is 7.90. The van der Waals surface area contributed by atoms with Crippen LogP contribution >= 0.6 is 0 Å².